The normalized spacial score (nSPS) is 24.8. The Morgan fingerprint density at radius 2 is 2.00 bits per heavy atom. The number of benzene rings is 2. The van der Waals surface area contributed by atoms with Gasteiger partial charge in [0.1, 0.15) is 0 Å². The molecule has 0 unspecified atom stereocenters. The van der Waals surface area contributed by atoms with Crippen LogP contribution in [0.2, 0.25) is 0 Å². The third-order valence-electron chi connectivity index (χ3n) is 5.50. The van der Waals surface area contributed by atoms with Gasteiger partial charge in [-0.25, -0.2) is 4.79 Å². The van der Waals surface area contributed by atoms with Crippen LogP contribution < -0.4 is 5.32 Å². The second kappa shape index (κ2) is 5.92. The maximum absolute atomic E-state index is 11.2. The number of carboxylic acids is 1. The van der Waals surface area contributed by atoms with E-state index in [1.165, 1.54) is 36.1 Å². The van der Waals surface area contributed by atoms with Crippen LogP contribution in [-0.4, -0.2) is 11.1 Å². The quantitative estimate of drug-likeness (QED) is 0.716. The van der Waals surface area contributed by atoms with Gasteiger partial charge in [-0.3, -0.25) is 0 Å². The Labute approximate surface area is 150 Å². The van der Waals surface area contributed by atoms with E-state index >= 15 is 0 Å². The Bertz CT molecular complexity index is 817. The van der Waals surface area contributed by atoms with Crippen molar-refractivity contribution < 1.29 is 9.90 Å². The summed E-state index contributed by atoms with van der Waals surface area (Å²) in [6.45, 7) is 2.15. The topological polar surface area (TPSA) is 49.3 Å². The lowest BCUT2D eigenvalue weighted by atomic mass is 9.77. The number of aromatic carboxylic acids is 1. The van der Waals surface area contributed by atoms with E-state index < -0.39 is 5.97 Å². The minimum Gasteiger partial charge on any atom is -0.478 e. The van der Waals surface area contributed by atoms with Crippen LogP contribution in [0.1, 0.15) is 58.3 Å². The number of rotatable bonds is 2. The Balaban J connectivity index is 1.77. The SMILES string of the molecule is Cc1ccc2c(c1)[C@@H]1CCC[C@@H]1[C@H](c1ccc(C(=O)O)cc1Br)N2. The first-order chi connectivity index (χ1) is 11.5. The van der Waals surface area contributed by atoms with Crippen molar-refractivity contribution in [2.24, 2.45) is 5.92 Å². The van der Waals surface area contributed by atoms with Gasteiger partial charge in [0.2, 0.25) is 0 Å². The predicted molar refractivity (Wildman–Crippen MR) is 98.7 cm³/mol. The summed E-state index contributed by atoms with van der Waals surface area (Å²) >= 11 is 3.60. The molecule has 3 atom stereocenters. The van der Waals surface area contributed by atoms with Gasteiger partial charge >= 0.3 is 5.97 Å². The Morgan fingerprint density at radius 3 is 2.75 bits per heavy atom. The van der Waals surface area contributed by atoms with Crippen molar-refractivity contribution in [2.75, 3.05) is 5.32 Å². The molecule has 24 heavy (non-hydrogen) atoms. The smallest absolute Gasteiger partial charge is 0.335 e. The molecule has 2 aromatic rings. The fourth-order valence-electron chi connectivity index (χ4n) is 4.39. The zero-order chi connectivity index (χ0) is 16.8. The average Bonchev–Trinajstić information content (AvgIpc) is 3.04. The zero-order valence-corrected chi connectivity index (χ0v) is 15.1. The van der Waals surface area contributed by atoms with Crippen molar-refractivity contribution >= 4 is 27.6 Å². The molecule has 0 saturated heterocycles. The molecule has 1 aliphatic carbocycles. The number of carboxylic acid groups (broad SMARTS) is 1. The van der Waals surface area contributed by atoms with Gasteiger partial charge in [-0.05, 0) is 60.9 Å². The summed E-state index contributed by atoms with van der Waals surface area (Å²) < 4.78 is 0.876. The second-order valence-corrected chi connectivity index (χ2v) is 7.81. The number of carbonyl (C=O) groups is 1. The zero-order valence-electron chi connectivity index (χ0n) is 13.6. The molecule has 1 fully saturated rings. The highest BCUT2D eigenvalue weighted by Gasteiger charge is 2.40. The molecule has 2 aromatic carbocycles. The fourth-order valence-corrected chi connectivity index (χ4v) is 5.01. The lowest BCUT2D eigenvalue weighted by molar-refractivity contribution is 0.0697. The molecule has 4 rings (SSSR count). The van der Waals surface area contributed by atoms with Crippen molar-refractivity contribution in [1.29, 1.82) is 0 Å². The number of halogens is 1. The second-order valence-electron chi connectivity index (χ2n) is 6.96. The van der Waals surface area contributed by atoms with Gasteiger partial charge in [0.05, 0.1) is 11.6 Å². The lowest BCUT2D eigenvalue weighted by Crippen LogP contribution is -2.29. The molecule has 1 saturated carbocycles. The van der Waals surface area contributed by atoms with Crippen LogP contribution in [0.5, 0.6) is 0 Å². The minimum atomic E-state index is -0.890. The maximum Gasteiger partial charge on any atom is 0.335 e. The molecule has 0 aromatic heterocycles. The molecule has 1 aliphatic heterocycles. The molecular formula is C20H20BrNO2. The fraction of sp³-hybridized carbons (Fsp3) is 0.350. The van der Waals surface area contributed by atoms with E-state index in [4.69, 9.17) is 0 Å². The summed E-state index contributed by atoms with van der Waals surface area (Å²) in [5.41, 5.74) is 5.46. The molecule has 1 heterocycles. The summed E-state index contributed by atoms with van der Waals surface area (Å²) in [5.74, 6) is 0.266. The van der Waals surface area contributed by atoms with Gasteiger partial charge in [0, 0.05) is 10.2 Å². The van der Waals surface area contributed by atoms with Crippen molar-refractivity contribution in [2.45, 2.75) is 38.1 Å². The first kappa shape index (κ1) is 15.7. The summed E-state index contributed by atoms with van der Waals surface area (Å²) in [4.78, 5) is 11.2. The van der Waals surface area contributed by atoms with Crippen LogP contribution in [0.25, 0.3) is 0 Å². The highest BCUT2D eigenvalue weighted by atomic mass is 79.9. The summed E-state index contributed by atoms with van der Waals surface area (Å²) in [7, 11) is 0. The molecule has 0 spiro atoms. The third-order valence-corrected chi connectivity index (χ3v) is 6.18. The van der Waals surface area contributed by atoms with Crippen LogP contribution in [0.4, 0.5) is 5.69 Å². The highest BCUT2D eigenvalue weighted by molar-refractivity contribution is 9.10. The molecular weight excluding hydrogens is 366 g/mol. The van der Waals surface area contributed by atoms with Gasteiger partial charge in [0.25, 0.3) is 0 Å². The summed E-state index contributed by atoms with van der Waals surface area (Å²) in [6, 6.07) is 12.3. The van der Waals surface area contributed by atoms with Crippen LogP contribution in [0.3, 0.4) is 0 Å². The van der Waals surface area contributed by atoms with E-state index in [0.717, 1.165) is 10.0 Å². The molecule has 0 amide bonds. The van der Waals surface area contributed by atoms with E-state index in [-0.39, 0.29) is 6.04 Å². The molecule has 4 heteroatoms. The van der Waals surface area contributed by atoms with Crippen molar-refractivity contribution in [3.8, 4) is 0 Å². The Morgan fingerprint density at radius 1 is 1.17 bits per heavy atom. The highest BCUT2D eigenvalue weighted by Crippen LogP contribution is 2.53. The number of aryl methyl sites for hydroxylation is 1. The van der Waals surface area contributed by atoms with Gasteiger partial charge in [-0.2, -0.15) is 0 Å². The maximum atomic E-state index is 11.2. The Kier molecular flexibility index (Phi) is 3.87. The molecule has 3 nitrogen and oxygen atoms in total. The van der Waals surface area contributed by atoms with Crippen LogP contribution >= 0.6 is 15.9 Å². The van der Waals surface area contributed by atoms with E-state index in [1.54, 1.807) is 12.1 Å². The molecule has 2 aliphatic rings. The third kappa shape index (κ3) is 2.53. The minimum absolute atomic E-state index is 0.227. The van der Waals surface area contributed by atoms with Crippen molar-refractivity contribution in [3.05, 3.63) is 63.1 Å². The standard InChI is InChI=1S/C20H20BrNO2/c1-11-5-8-18-16(9-11)13-3-2-4-14(13)19(22-18)15-7-6-12(20(23)24)10-17(15)21/h5-10,13-14,19,22H,2-4H2,1H3,(H,23,24)/t13-,14+,19-/m1/s1. The van der Waals surface area contributed by atoms with Gasteiger partial charge in [-0.1, -0.05) is 46.1 Å². The number of anilines is 1. The molecule has 124 valence electrons. The van der Waals surface area contributed by atoms with Gasteiger partial charge in [-0.15, -0.1) is 0 Å². The molecule has 0 radical (unpaired) electrons. The number of nitrogens with one attached hydrogen (secondary N) is 1. The van der Waals surface area contributed by atoms with E-state index in [1.807, 2.05) is 6.07 Å². The molecule has 2 N–H and O–H groups in total. The van der Waals surface area contributed by atoms with Crippen LogP contribution in [0, 0.1) is 12.8 Å². The average molecular weight is 386 g/mol. The molecule has 0 bridgehead atoms. The first-order valence-electron chi connectivity index (χ1n) is 8.44. The van der Waals surface area contributed by atoms with Crippen molar-refractivity contribution in [3.63, 3.8) is 0 Å². The van der Waals surface area contributed by atoms with Gasteiger partial charge in [0.15, 0.2) is 0 Å². The number of hydrogen-bond acceptors (Lipinski definition) is 2. The largest absolute Gasteiger partial charge is 0.478 e. The summed E-state index contributed by atoms with van der Waals surface area (Å²) in [5, 5.41) is 12.9. The Hall–Kier alpha value is -1.81. The summed E-state index contributed by atoms with van der Waals surface area (Å²) in [6.07, 6.45) is 3.71. The first-order valence-corrected chi connectivity index (χ1v) is 9.23. The van der Waals surface area contributed by atoms with E-state index in [2.05, 4.69) is 46.4 Å². The predicted octanol–water partition coefficient (Wildman–Crippen LogP) is 5.51. The van der Waals surface area contributed by atoms with Crippen LogP contribution in [-0.2, 0) is 0 Å². The van der Waals surface area contributed by atoms with Crippen molar-refractivity contribution in [1.82, 2.24) is 0 Å². The number of hydrogen-bond donors (Lipinski definition) is 2. The van der Waals surface area contributed by atoms with E-state index in [0.29, 0.717) is 17.4 Å². The monoisotopic (exact) mass is 385 g/mol. The number of fused-ring (bicyclic) bond motifs is 3. The van der Waals surface area contributed by atoms with E-state index in [9.17, 15) is 9.90 Å². The van der Waals surface area contributed by atoms with Gasteiger partial charge < -0.3 is 10.4 Å². The van der Waals surface area contributed by atoms with Crippen LogP contribution in [0.15, 0.2) is 40.9 Å². The lowest BCUT2D eigenvalue weighted by Gasteiger charge is -2.38.